The summed E-state index contributed by atoms with van der Waals surface area (Å²) in [5.74, 6) is 1.10. The monoisotopic (exact) mass is 338 g/mol. The van der Waals surface area contributed by atoms with Crippen molar-refractivity contribution in [2.24, 2.45) is 0 Å². The van der Waals surface area contributed by atoms with Gasteiger partial charge in [0.2, 0.25) is 0 Å². The van der Waals surface area contributed by atoms with Crippen molar-refractivity contribution in [2.75, 3.05) is 14.2 Å². The maximum Gasteiger partial charge on any atom is 0.161 e. The van der Waals surface area contributed by atoms with E-state index in [4.69, 9.17) is 9.47 Å². The van der Waals surface area contributed by atoms with Crippen LogP contribution in [0, 0.1) is 12.7 Å². The second-order valence-electron chi connectivity index (χ2n) is 4.48. The average molecular weight is 339 g/mol. The van der Waals surface area contributed by atoms with Crippen molar-refractivity contribution >= 4 is 15.9 Å². The number of methoxy groups -OCH3 is 2. The Labute approximate surface area is 126 Å². The first-order valence-electron chi connectivity index (χ1n) is 6.19. The fourth-order valence-corrected chi connectivity index (χ4v) is 2.89. The lowest BCUT2D eigenvalue weighted by Crippen LogP contribution is -1.99. The Morgan fingerprint density at radius 2 is 1.70 bits per heavy atom. The molecule has 4 heteroatoms. The van der Waals surface area contributed by atoms with Crippen LogP contribution in [0.15, 0.2) is 36.4 Å². The summed E-state index contributed by atoms with van der Waals surface area (Å²) in [6.07, 6.45) is 0. The van der Waals surface area contributed by atoms with Gasteiger partial charge in [0, 0.05) is 0 Å². The zero-order valence-electron chi connectivity index (χ0n) is 11.6. The minimum absolute atomic E-state index is 0.0991. The molecule has 0 N–H and O–H groups in total. The van der Waals surface area contributed by atoms with Gasteiger partial charge in [-0.1, -0.05) is 28.1 Å². The van der Waals surface area contributed by atoms with Crippen LogP contribution >= 0.6 is 15.9 Å². The first kappa shape index (κ1) is 14.9. The summed E-state index contributed by atoms with van der Waals surface area (Å²) >= 11 is 3.63. The van der Waals surface area contributed by atoms with E-state index in [-0.39, 0.29) is 10.6 Å². The topological polar surface area (TPSA) is 18.5 Å². The van der Waals surface area contributed by atoms with Crippen molar-refractivity contribution in [1.29, 1.82) is 0 Å². The maximum atomic E-state index is 13.3. The number of aryl methyl sites for hydroxylation is 1. The zero-order chi connectivity index (χ0) is 14.7. The summed E-state index contributed by atoms with van der Waals surface area (Å²) in [4.78, 5) is -0.0991. The Morgan fingerprint density at radius 3 is 2.30 bits per heavy atom. The Morgan fingerprint density at radius 1 is 1.05 bits per heavy atom. The normalized spacial score (nSPS) is 12.1. The summed E-state index contributed by atoms with van der Waals surface area (Å²) in [5, 5.41) is 0. The van der Waals surface area contributed by atoms with Gasteiger partial charge in [0.05, 0.1) is 19.0 Å². The molecule has 2 rings (SSSR count). The van der Waals surface area contributed by atoms with E-state index < -0.39 is 0 Å². The number of hydrogen-bond donors (Lipinski definition) is 0. The summed E-state index contributed by atoms with van der Waals surface area (Å²) < 4.78 is 23.9. The van der Waals surface area contributed by atoms with E-state index in [0.29, 0.717) is 11.5 Å². The van der Waals surface area contributed by atoms with Gasteiger partial charge in [0.25, 0.3) is 0 Å². The van der Waals surface area contributed by atoms with E-state index in [0.717, 1.165) is 16.7 Å². The Kier molecular flexibility index (Phi) is 4.65. The molecular formula is C16H16BrFO2. The molecule has 0 saturated carbocycles. The highest BCUT2D eigenvalue weighted by Gasteiger charge is 2.17. The number of hydrogen-bond acceptors (Lipinski definition) is 2. The fraction of sp³-hybridized carbons (Fsp3) is 0.250. The van der Waals surface area contributed by atoms with Crippen molar-refractivity contribution in [3.05, 3.63) is 58.9 Å². The molecule has 2 aromatic carbocycles. The lowest BCUT2D eigenvalue weighted by molar-refractivity contribution is 0.354. The molecule has 0 fully saturated rings. The molecule has 0 aromatic heterocycles. The summed E-state index contributed by atoms with van der Waals surface area (Å²) in [6.45, 7) is 1.99. The molecule has 0 aliphatic carbocycles. The third-order valence-corrected chi connectivity index (χ3v) is 4.21. The molecule has 106 valence electrons. The highest BCUT2D eigenvalue weighted by atomic mass is 79.9. The second kappa shape index (κ2) is 6.27. The molecule has 1 atom stereocenters. The minimum atomic E-state index is -0.245. The highest BCUT2D eigenvalue weighted by Crippen LogP contribution is 2.38. The van der Waals surface area contributed by atoms with E-state index in [1.807, 2.05) is 25.1 Å². The van der Waals surface area contributed by atoms with E-state index >= 15 is 0 Å². The zero-order valence-corrected chi connectivity index (χ0v) is 13.2. The van der Waals surface area contributed by atoms with Crippen LogP contribution in [0.2, 0.25) is 0 Å². The average Bonchev–Trinajstić information content (AvgIpc) is 2.46. The van der Waals surface area contributed by atoms with Crippen LogP contribution in [0.1, 0.15) is 21.5 Å². The molecular weight excluding hydrogens is 323 g/mol. The van der Waals surface area contributed by atoms with E-state index in [1.54, 1.807) is 20.3 Å². The molecule has 1 unspecified atom stereocenters. The van der Waals surface area contributed by atoms with Gasteiger partial charge < -0.3 is 9.47 Å². The summed E-state index contributed by atoms with van der Waals surface area (Å²) in [7, 11) is 3.21. The van der Waals surface area contributed by atoms with Gasteiger partial charge in [0.1, 0.15) is 5.82 Å². The number of ether oxygens (including phenoxy) is 2. The van der Waals surface area contributed by atoms with Gasteiger partial charge in [-0.25, -0.2) is 4.39 Å². The Bertz CT molecular complexity index is 613. The lowest BCUT2D eigenvalue weighted by atomic mass is 9.99. The second-order valence-corrected chi connectivity index (χ2v) is 5.40. The number of alkyl halides is 1. The first-order chi connectivity index (χ1) is 9.56. The minimum Gasteiger partial charge on any atom is -0.493 e. The molecule has 0 saturated heterocycles. The van der Waals surface area contributed by atoms with Gasteiger partial charge in [-0.05, 0) is 47.9 Å². The largest absolute Gasteiger partial charge is 0.493 e. The molecule has 20 heavy (non-hydrogen) atoms. The van der Waals surface area contributed by atoms with Crippen molar-refractivity contribution < 1.29 is 13.9 Å². The maximum absolute atomic E-state index is 13.3. The van der Waals surface area contributed by atoms with Gasteiger partial charge in [-0.2, -0.15) is 0 Å². The number of halogens is 2. The van der Waals surface area contributed by atoms with Crippen LogP contribution in [-0.2, 0) is 0 Å². The van der Waals surface area contributed by atoms with Crippen LogP contribution in [-0.4, -0.2) is 14.2 Å². The van der Waals surface area contributed by atoms with Crippen molar-refractivity contribution in [1.82, 2.24) is 0 Å². The summed E-state index contributed by atoms with van der Waals surface area (Å²) in [5.41, 5.74) is 2.93. The van der Waals surface area contributed by atoms with E-state index in [9.17, 15) is 4.39 Å². The highest BCUT2D eigenvalue weighted by molar-refractivity contribution is 9.09. The van der Waals surface area contributed by atoms with Crippen LogP contribution in [0.5, 0.6) is 11.5 Å². The van der Waals surface area contributed by atoms with Crippen molar-refractivity contribution in [2.45, 2.75) is 11.8 Å². The van der Waals surface area contributed by atoms with E-state index in [1.165, 1.54) is 12.1 Å². The van der Waals surface area contributed by atoms with Crippen molar-refractivity contribution in [3.63, 3.8) is 0 Å². The van der Waals surface area contributed by atoms with Gasteiger partial charge in [0.15, 0.2) is 11.5 Å². The molecule has 2 aromatic rings. The van der Waals surface area contributed by atoms with Crippen LogP contribution in [0.3, 0.4) is 0 Å². The van der Waals surface area contributed by atoms with Crippen molar-refractivity contribution in [3.8, 4) is 11.5 Å². The summed E-state index contributed by atoms with van der Waals surface area (Å²) in [6, 6.07) is 10.4. The third kappa shape index (κ3) is 2.96. The van der Waals surface area contributed by atoms with Gasteiger partial charge >= 0.3 is 0 Å². The standard InChI is InChI=1S/C16H16BrFO2/c1-10-7-14(19-2)15(20-3)9-13(10)16(17)11-5-4-6-12(18)8-11/h4-9,16H,1-3H3. The molecule has 0 aliphatic heterocycles. The fourth-order valence-electron chi connectivity index (χ4n) is 2.11. The number of benzene rings is 2. The SMILES string of the molecule is COc1cc(C)c(C(Br)c2cccc(F)c2)cc1OC. The lowest BCUT2D eigenvalue weighted by Gasteiger charge is -2.17. The quantitative estimate of drug-likeness (QED) is 0.756. The number of rotatable bonds is 4. The molecule has 0 spiro atoms. The van der Waals surface area contributed by atoms with Crippen LogP contribution < -0.4 is 9.47 Å². The molecule has 0 aliphatic rings. The van der Waals surface area contributed by atoms with Gasteiger partial charge in [-0.3, -0.25) is 0 Å². The smallest absolute Gasteiger partial charge is 0.161 e. The third-order valence-electron chi connectivity index (χ3n) is 3.19. The molecule has 0 bridgehead atoms. The Hall–Kier alpha value is -1.55. The molecule has 0 heterocycles. The molecule has 0 radical (unpaired) electrons. The van der Waals surface area contributed by atoms with E-state index in [2.05, 4.69) is 15.9 Å². The van der Waals surface area contributed by atoms with Gasteiger partial charge in [-0.15, -0.1) is 0 Å². The predicted molar refractivity (Wildman–Crippen MR) is 81.5 cm³/mol. The molecule has 0 amide bonds. The first-order valence-corrected chi connectivity index (χ1v) is 7.10. The van der Waals surface area contributed by atoms with Crippen LogP contribution in [0.25, 0.3) is 0 Å². The predicted octanol–water partition coefficient (Wildman–Crippen LogP) is 4.64. The Balaban J connectivity index is 2.46. The van der Waals surface area contributed by atoms with Crippen LogP contribution in [0.4, 0.5) is 4.39 Å². The molecule has 2 nitrogen and oxygen atoms in total.